The molecular formula is C33H32N2O3S2. The van der Waals surface area contributed by atoms with Crippen LogP contribution in [0.2, 0.25) is 0 Å². The number of amides is 2. The van der Waals surface area contributed by atoms with E-state index >= 15 is 0 Å². The number of ether oxygens (including phenoxy) is 1. The number of imide groups is 1. The van der Waals surface area contributed by atoms with Crippen LogP contribution in [0.15, 0.2) is 48.5 Å². The number of carbonyl (C=O) groups is 2. The van der Waals surface area contributed by atoms with Crippen molar-refractivity contribution in [2.45, 2.75) is 53.1 Å². The maximum atomic E-state index is 14.1. The van der Waals surface area contributed by atoms with Gasteiger partial charge in [0, 0.05) is 36.2 Å². The maximum Gasteiger partial charge on any atom is 0.263 e. The van der Waals surface area contributed by atoms with E-state index in [0.717, 1.165) is 48.4 Å². The first-order valence-corrected chi connectivity index (χ1v) is 15.6. The van der Waals surface area contributed by atoms with Crippen molar-refractivity contribution in [1.29, 1.82) is 5.26 Å². The van der Waals surface area contributed by atoms with E-state index in [9.17, 15) is 14.9 Å². The Balaban J connectivity index is 1.61. The summed E-state index contributed by atoms with van der Waals surface area (Å²) in [6.45, 7) is 8.50. The number of fused-ring (bicyclic) bond motifs is 2. The van der Waals surface area contributed by atoms with Crippen molar-refractivity contribution in [1.82, 2.24) is 4.90 Å². The van der Waals surface area contributed by atoms with Gasteiger partial charge in [-0.3, -0.25) is 14.5 Å². The zero-order valence-electron chi connectivity index (χ0n) is 23.2. The molecule has 0 N–H and O–H groups in total. The summed E-state index contributed by atoms with van der Waals surface area (Å²) in [6.07, 6.45) is 3.30. The number of hydrogen-bond acceptors (Lipinski definition) is 6. The lowest BCUT2D eigenvalue weighted by Crippen LogP contribution is -2.36. The van der Waals surface area contributed by atoms with E-state index < -0.39 is 11.8 Å². The quantitative estimate of drug-likeness (QED) is 0.174. The zero-order chi connectivity index (χ0) is 28.1. The summed E-state index contributed by atoms with van der Waals surface area (Å²) in [4.78, 5) is 30.2. The molecule has 2 aliphatic rings. The summed E-state index contributed by atoms with van der Waals surface area (Å²) in [5.41, 5.74) is 2.19. The molecule has 204 valence electrons. The van der Waals surface area contributed by atoms with Gasteiger partial charge < -0.3 is 4.74 Å². The summed E-state index contributed by atoms with van der Waals surface area (Å²) in [6, 6.07) is 18.0. The van der Waals surface area contributed by atoms with E-state index in [0.29, 0.717) is 39.5 Å². The molecule has 0 bridgehead atoms. The molecular weight excluding hydrogens is 537 g/mol. The molecule has 1 aliphatic carbocycles. The Morgan fingerprint density at radius 1 is 0.950 bits per heavy atom. The Labute approximate surface area is 242 Å². The van der Waals surface area contributed by atoms with E-state index in [1.165, 1.54) is 6.42 Å². The van der Waals surface area contributed by atoms with Gasteiger partial charge in [-0.2, -0.15) is 5.26 Å². The van der Waals surface area contributed by atoms with E-state index in [2.05, 4.69) is 20.8 Å². The van der Waals surface area contributed by atoms with Gasteiger partial charge in [-0.25, -0.2) is 0 Å². The Bertz CT molecular complexity index is 1720. The van der Waals surface area contributed by atoms with Crippen LogP contribution in [0.3, 0.4) is 0 Å². The monoisotopic (exact) mass is 568 g/mol. The van der Waals surface area contributed by atoms with Crippen LogP contribution >= 0.6 is 22.7 Å². The lowest BCUT2D eigenvalue weighted by atomic mass is 9.75. The molecule has 7 heteroatoms. The van der Waals surface area contributed by atoms with Gasteiger partial charge in [0.1, 0.15) is 12.6 Å². The molecule has 3 heterocycles. The van der Waals surface area contributed by atoms with Gasteiger partial charge in [0.15, 0.2) is 5.06 Å². The van der Waals surface area contributed by atoms with Crippen LogP contribution in [0.25, 0.3) is 31.3 Å². The fourth-order valence-electron chi connectivity index (χ4n) is 6.46. The van der Waals surface area contributed by atoms with Crippen LogP contribution in [0.4, 0.5) is 0 Å². The van der Waals surface area contributed by atoms with Crippen molar-refractivity contribution in [3.63, 3.8) is 0 Å². The standard InChI is InChI=1S/C33H32N2O3S2/c1-18(2)21-14-13-19(3)17-24(21)38-33-28(23-10-6-8-12-26(23)40-33)30-29(31(36)35(16-15-34)32(30)37)27-20(4)39-25-11-7-5-9-22(25)27/h5-12,18-19,21,24H,13-14,16-17H2,1-4H3/t19-,21+,24-/m0/s1. The van der Waals surface area contributed by atoms with Crippen molar-refractivity contribution in [2.24, 2.45) is 17.8 Å². The number of benzene rings is 2. The predicted molar refractivity (Wildman–Crippen MR) is 163 cm³/mol. The Kier molecular flexibility index (Phi) is 7.02. The van der Waals surface area contributed by atoms with Gasteiger partial charge in [-0.05, 0) is 49.7 Å². The molecule has 0 spiro atoms. The largest absolute Gasteiger partial charge is 0.480 e. The van der Waals surface area contributed by atoms with E-state index in [4.69, 9.17) is 4.74 Å². The van der Waals surface area contributed by atoms with E-state index in [-0.39, 0.29) is 12.6 Å². The van der Waals surface area contributed by atoms with Crippen molar-refractivity contribution >= 4 is 65.8 Å². The molecule has 1 aliphatic heterocycles. The minimum absolute atomic E-state index is 0.0331. The third-order valence-electron chi connectivity index (χ3n) is 8.45. The normalized spacial score (nSPS) is 21.7. The average molecular weight is 569 g/mol. The summed E-state index contributed by atoms with van der Waals surface area (Å²) in [7, 11) is 0. The second-order valence-electron chi connectivity index (χ2n) is 11.4. The second-order valence-corrected chi connectivity index (χ2v) is 13.6. The molecule has 4 aromatic rings. The Morgan fingerprint density at radius 2 is 1.55 bits per heavy atom. The summed E-state index contributed by atoms with van der Waals surface area (Å²) < 4.78 is 9.00. The maximum absolute atomic E-state index is 14.1. The first kappa shape index (κ1) is 26.7. The highest BCUT2D eigenvalue weighted by Gasteiger charge is 2.43. The van der Waals surface area contributed by atoms with E-state index in [1.807, 2.05) is 61.5 Å². The molecule has 2 aromatic heterocycles. The van der Waals surface area contributed by atoms with Gasteiger partial charge in [-0.1, -0.05) is 74.9 Å². The van der Waals surface area contributed by atoms with Gasteiger partial charge >= 0.3 is 0 Å². The smallest absolute Gasteiger partial charge is 0.263 e. The summed E-state index contributed by atoms with van der Waals surface area (Å²) >= 11 is 3.16. The molecule has 2 amide bonds. The van der Waals surface area contributed by atoms with Gasteiger partial charge in [0.25, 0.3) is 11.8 Å². The molecule has 2 aromatic carbocycles. The number of rotatable bonds is 6. The fraction of sp³-hybridized carbons (Fsp3) is 0.364. The molecule has 0 unspecified atom stereocenters. The summed E-state index contributed by atoms with van der Waals surface area (Å²) in [5, 5.41) is 12.1. The fourth-order valence-corrected chi connectivity index (χ4v) is 8.65. The molecule has 6 rings (SSSR count). The predicted octanol–water partition coefficient (Wildman–Crippen LogP) is 8.07. The van der Waals surface area contributed by atoms with Crippen molar-refractivity contribution in [3.05, 3.63) is 64.5 Å². The second kappa shape index (κ2) is 10.5. The third kappa shape index (κ3) is 4.34. The Morgan fingerprint density at radius 3 is 2.20 bits per heavy atom. The van der Waals surface area contributed by atoms with Crippen molar-refractivity contribution in [3.8, 4) is 11.1 Å². The molecule has 1 fully saturated rings. The highest BCUT2D eigenvalue weighted by atomic mass is 32.1. The van der Waals surface area contributed by atoms with Gasteiger partial charge in [0.2, 0.25) is 0 Å². The number of nitrogens with zero attached hydrogens (tertiary/aromatic N) is 2. The Hall–Kier alpha value is -3.47. The van der Waals surface area contributed by atoms with Crippen LogP contribution in [0.5, 0.6) is 5.06 Å². The number of thiophene rings is 2. The molecule has 40 heavy (non-hydrogen) atoms. The molecule has 5 nitrogen and oxygen atoms in total. The lowest BCUT2D eigenvalue weighted by Gasteiger charge is -2.37. The van der Waals surface area contributed by atoms with Crippen molar-refractivity contribution in [2.75, 3.05) is 6.54 Å². The lowest BCUT2D eigenvalue weighted by molar-refractivity contribution is -0.135. The van der Waals surface area contributed by atoms with Crippen LogP contribution < -0.4 is 4.74 Å². The number of nitriles is 1. The third-order valence-corrected chi connectivity index (χ3v) is 10.6. The number of aryl methyl sites for hydroxylation is 1. The van der Waals surface area contributed by atoms with Crippen LogP contribution in [0.1, 0.15) is 56.0 Å². The highest BCUT2D eigenvalue weighted by Crippen LogP contribution is 2.50. The van der Waals surface area contributed by atoms with Gasteiger partial charge in [0.05, 0.1) is 17.2 Å². The number of carbonyl (C=O) groups excluding carboxylic acids is 2. The topological polar surface area (TPSA) is 70.4 Å². The molecule has 0 saturated heterocycles. The minimum Gasteiger partial charge on any atom is -0.480 e. The minimum atomic E-state index is -0.429. The average Bonchev–Trinajstić information content (AvgIpc) is 3.52. The van der Waals surface area contributed by atoms with Crippen LogP contribution in [-0.2, 0) is 9.59 Å². The summed E-state index contributed by atoms with van der Waals surface area (Å²) in [5.74, 6) is 0.614. The first-order chi connectivity index (χ1) is 19.3. The van der Waals surface area contributed by atoms with E-state index in [1.54, 1.807) is 22.7 Å². The van der Waals surface area contributed by atoms with Gasteiger partial charge in [-0.15, -0.1) is 11.3 Å². The zero-order valence-corrected chi connectivity index (χ0v) is 24.8. The SMILES string of the molecule is Cc1sc2ccccc2c1C1=C(c2c(O[C@H]3C[C@@H](C)CC[C@@H]3C(C)C)sc3ccccc23)C(=O)N(CC#N)C1=O. The number of hydrogen-bond donors (Lipinski definition) is 0. The molecule has 3 atom stereocenters. The first-order valence-electron chi connectivity index (χ1n) is 13.9. The van der Waals surface area contributed by atoms with Crippen LogP contribution in [-0.4, -0.2) is 29.4 Å². The molecule has 0 radical (unpaired) electrons. The molecule has 1 saturated carbocycles. The van der Waals surface area contributed by atoms with Crippen molar-refractivity contribution < 1.29 is 14.3 Å². The highest BCUT2D eigenvalue weighted by molar-refractivity contribution is 7.21. The van der Waals surface area contributed by atoms with Crippen LogP contribution in [0, 0.1) is 36.0 Å².